The molecule has 0 saturated heterocycles. The third kappa shape index (κ3) is 1.30. The van der Waals surface area contributed by atoms with Crippen molar-refractivity contribution in [1.82, 2.24) is 10.3 Å². The summed E-state index contributed by atoms with van der Waals surface area (Å²) in [6.45, 7) is 1.07. The normalized spacial score (nSPS) is 20.7. The van der Waals surface area contributed by atoms with Crippen molar-refractivity contribution in [2.24, 2.45) is 0 Å². The predicted molar refractivity (Wildman–Crippen MR) is 60.0 cm³/mol. The minimum atomic E-state index is 0.338. The smallest absolute Gasteiger partial charge is 0.114 e. The lowest BCUT2D eigenvalue weighted by Crippen LogP contribution is -2.29. The van der Waals surface area contributed by atoms with Gasteiger partial charge in [0, 0.05) is 23.0 Å². The molecule has 2 nitrogen and oxygen atoms in total. The molecule has 0 amide bonds. The Balaban J connectivity index is 2.04. The lowest BCUT2D eigenvalue weighted by molar-refractivity contribution is 0.572. The van der Waals surface area contributed by atoms with Gasteiger partial charge in [0.15, 0.2) is 0 Å². The highest BCUT2D eigenvalue weighted by Crippen LogP contribution is 2.32. The number of fused-ring (bicyclic) bond motifs is 1. The average molecular weight is 222 g/mol. The average Bonchev–Trinajstić information content (AvgIpc) is 2.88. The van der Waals surface area contributed by atoms with Crippen LogP contribution in [0.2, 0.25) is 0 Å². The molecule has 1 atom stereocenters. The van der Waals surface area contributed by atoms with Crippen molar-refractivity contribution in [3.05, 3.63) is 38.5 Å². The van der Waals surface area contributed by atoms with Gasteiger partial charge in [-0.15, -0.1) is 22.7 Å². The summed E-state index contributed by atoms with van der Waals surface area (Å²) < 4.78 is 0. The fourth-order valence-corrected chi connectivity index (χ4v) is 3.50. The van der Waals surface area contributed by atoms with Crippen LogP contribution in [0.5, 0.6) is 0 Å². The zero-order chi connectivity index (χ0) is 9.38. The molecule has 1 aliphatic heterocycles. The lowest BCUT2D eigenvalue weighted by atomic mass is 10.0. The van der Waals surface area contributed by atoms with Crippen LogP contribution in [-0.4, -0.2) is 11.5 Å². The maximum absolute atomic E-state index is 4.38. The molecule has 4 heteroatoms. The number of hydrogen-bond donors (Lipinski definition) is 1. The predicted octanol–water partition coefficient (Wildman–Crippen LogP) is 2.44. The molecule has 0 aliphatic carbocycles. The van der Waals surface area contributed by atoms with Crippen LogP contribution in [0, 0.1) is 0 Å². The second-order valence-electron chi connectivity index (χ2n) is 3.31. The maximum Gasteiger partial charge on any atom is 0.114 e. The van der Waals surface area contributed by atoms with Gasteiger partial charge in [-0.3, -0.25) is 0 Å². The van der Waals surface area contributed by atoms with E-state index in [1.54, 1.807) is 11.3 Å². The molecule has 14 heavy (non-hydrogen) atoms. The first kappa shape index (κ1) is 8.59. The van der Waals surface area contributed by atoms with Crippen molar-refractivity contribution in [2.45, 2.75) is 12.5 Å². The number of nitrogens with zero attached hydrogens (tertiary/aromatic N) is 1. The van der Waals surface area contributed by atoms with Gasteiger partial charge in [-0.2, -0.15) is 0 Å². The van der Waals surface area contributed by atoms with Gasteiger partial charge in [0.25, 0.3) is 0 Å². The summed E-state index contributed by atoms with van der Waals surface area (Å²) in [5.74, 6) is 0. The van der Waals surface area contributed by atoms with Crippen molar-refractivity contribution in [3.63, 3.8) is 0 Å². The molecule has 1 aliphatic rings. The second kappa shape index (κ2) is 3.46. The molecular formula is C10H10N2S2. The summed E-state index contributed by atoms with van der Waals surface area (Å²) in [7, 11) is 0. The van der Waals surface area contributed by atoms with Crippen molar-refractivity contribution in [3.8, 4) is 0 Å². The third-order valence-corrected chi connectivity index (χ3v) is 4.33. The first-order valence-electron chi connectivity index (χ1n) is 4.64. The highest BCUT2D eigenvalue weighted by molar-refractivity contribution is 7.10. The summed E-state index contributed by atoms with van der Waals surface area (Å²) in [5.41, 5.74) is 1.43. The van der Waals surface area contributed by atoms with Crippen LogP contribution < -0.4 is 5.32 Å². The van der Waals surface area contributed by atoms with E-state index in [1.165, 1.54) is 15.4 Å². The molecular weight excluding hydrogens is 212 g/mol. The molecule has 1 N–H and O–H groups in total. The van der Waals surface area contributed by atoms with Crippen LogP contribution >= 0.6 is 22.7 Å². The molecule has 0 spiro atoms. The van der Waals surface area contributed by atoms with E-state index in [9.17, 15) is 0 Å². The second-order valence-corrected chi connectivity index (χ2v) is 5.23. The summed E-state index contributed by atoms with van der Waals surface area (Å²) >= 11 is 3.59. The van der Waals surface area contributed by atoms with Crippen LogP contribution in [0.25, 0.3) is 0 Å². The topological polar surface area (TPSA) is 24.9 Å². The van der Waals surface area contributed by atoms with E-state index in [2.05, 4.69) is 21.7 Å². The van der Waals surface area contributed by atoms with Crippen LogP contribution in [-0.2, 0) is 6.42 Å². The van der Waals surface area contributed by atoms with Gasteiger partial charge >= 0.3 is 0 Å². The number of hydrogen-bond acceptors (Lipinski definition) is 4. The molecule has 2 aromatic rings. The Kier molecular flexibility index (Phi) is 2.12. The standard InChI is InChI=1S/C10H10N2S2/c1-3-11-9(10-12-4-6-14-10)7-2-5-13-8(1)7/h2,4-6,9,11H,1,3H2. The van der Waals surface area contributed by atoms with Crippen molar-refractivity contribution < 1.29 is 0 Å². The molecule has 0 aromatic carbocycles. The van der Waals surface area contributed by atoms with Crippen molar-refractivity contribution >= 4 is 22.7 Å². The first-order chi connectivity index (χ1) is 6.95. The minimum Gasteiger partial charge on any atom is -0.304 e. The molecule has 0 bridgehead atoms. The third-order valence-electron chi connectivity index (χ3n) is 2.49. The highest BCUT2D eigenvalue weighted by atomic mass is 32.1. The van der Waals surface area contributed by atoms with E-state index in [4.69, 9.17) is 0 Å². The van der Waals surface area contributed by atoms with Crippen molar-refractivity contribution in [1.29, 1.82) is 0 Å². The highest BCUT2D eigenvalue weighted by Gasteiger charge is 2.23. The fraction of sp³-hybridized carbons (Fsp3) is 0.300. The quantitative estimate of drug-likeness (QED) is 0.801. The largest absolute Gasteiger partial charge is 0.304 e. The number of aromatic nitrogens is 1. The van der Waals surface area contributed by atoms with Gasteiger partial charge in [-0.25, -0.2) is 4.98 Å². The van der Waals surface area contributed by atoms with E-state index >= 15 is 0 Å². The summed E-state index contributed by atoms with van der Waals surface area (Å²) in [6, 6.07) is 2.56. The number of thiazole rings is 1. The Labute approximate surface area is 90.6 Å². The SMILES string of the molecule is c1csc(C2NCCc3sccc32)n1. The van der Waals surface area contributed by atoms with E-state index in [1.807, 2.05) is 22.9 Å². The first-order valence-corrected chi connectivity index (χ1v) is 6.40. The lowest BCUT2D eigenvalue weighted by Gasteiger charge is -2.22. The molecule has 2 aromatic heterocycles. The van der Waals surface area contributed by atoms with Crippen LogP contribution in [0.4, 0.5) is 0 Å². The van der Waals surface area contributed by atoms with Gasteiger partial charge in [0.05, 0.1) is 6.04 Å². The Hall–Kier alpha value is -0.710. The molecule has 3 heterocycles. The van der Waals surface area contributed by atoms with Gasteiger partial charge in [0.2, 0.25) is 0 Å². The number of thiophene rings is 1. The molecule has 3 rings (SSSR count). The zero-order valence-electron chi connectivity index (χ0n) is 7.56. The van der Waals surface area contributed by atoms with Crippen LogP contribution in [0.3, 0.4) is 0 Å². The fourth-order valence-electron chi connectivity index (χ4n) is 1.85. The van der Waals surface area contributed by atoms with E-state index in [0.717, 1.165) is 13.0 Å². The molecule has 1 unspecified atom stereocenters. The molecule has 0 saturated carbocycles. The van der Waals surface area contributed by atoms with Crippen molar-refractivity contribution in [2.75, 3.05) is 6.54 Å². The minimum absolute atomic E-state index is 0.338. The zero-order valence-corrected chi connectivity index (χ0v) is 9.20. The number of rotatable bonds is 1. The molecule has 0 radical (unpaired) electrons. The van der Waals surface area contributed by atoms with E-state index < -0.39 is 0 Å². The summed E-state index contributed by atoms with van der Waals surface area (Å²) in [5, 5.41) is 8.92. The monoisotopic (exact) mass is 222 g/mol. The Morgan fingerprint density at radius 3 is 3.21 bits per heavy atom. The van der Waals surface area contributed by atoms with Gasteiger partial charge in [-0.05, 0) is 23.4 Å². The Morgan fingerprint density at radius 2 is 2.36 bits per heavy atom. The summed E-state index contributed by atoms with van der Waals surface area (Å²) in [6.07, 6.45) is 3.04. The number of nitrogens with one attached hydrogen (secondary N) is 1. The van der Waals surface area contributed by atoms with Gasteiger partial charge in [0.1, 0.15) is 5.01 Å². The maximum atomic E-state index is 4.38. The summed E-state index contributed by atoms with van der Waals surface area (Å²) in [4.78, 5) is 5.90. The van der Waals surface area contributed by atoms with Crippen LogP contribution in [0.15, 0.2) is 23.0 Å². The van der Waals surface area contributed by atoms with E-state index in [-0.39, 0.29) is 0 Å². The van der Waals surface area contributed by atoms with Crippen LogP contribution in [0.1, 0.15) is 21.5 Å². The Bertz CT molecular complexity index is 419. The van der Waals surface area contributed by atoms with Gasteiger partial charge in [-0.1, -0.05) is 0 Å². The Morgan fingerprint density at radius 1 is 1.36 bits per heavy atom. The molecule has 0 fully saturated rings. The van der Waals surface area contributed by atoms with E-state index in [0.29, 0.717) is 6.04 Å². The van der Waals surface area contributed by atoms with Gasteiger partial charge < -0.3 is 5.32 Å². The molecule has 72 valence electrons.